The molecule has 3 heteroatoms. The molecule has 2 heterocycles. The van der Waals surface area contributed by atoms with E-state index in [9.17, 15) is 0 Å². The average Bonchev–Trinajstić information content (AvgIpc) is 3.30. The lowest BCUT2D eigenvalue weighted by molar-refractivity contribution is 1.25. The molecule has 0 bridgehead atoms. The van der Waals surface area contributed by atoms with Crippen LogP contribution in [0.25, 0.3) is 44.5 Å². The highest BCUT2D eigenvalue weighted by Crippen LogP contribution is 2.46. The van der Waals surface area contributed by atoms with Crippen LogP contribution in [0.2, 0.25) is 0 Å². The predicted octanol–water partition coefficient (Wildman–Crippen LogP) is 12.4. The molecule has 0 unspecified atom stereocenters. The van der Waals surface area contributed by atoms with Crippen molar-refractivity contribution in [2.75, 3.05) is 9.80 Å². The van der Waals surface area contributed by atoms with Crippen molar-refractivity contribution in [1.82, 2.24) is 0 Å². The highest BCUT2D eigenvalue weighted by molar-refractivity contribution is 7.01. The molecule has 0 saturated carbocycles. The summed E-state index contributed by atoms with van der Waals surface area (Å²) in [5, 5.41) is 0. The molecule has 0 aromatic heterocycles. The summed E-state index contributed by atoms with van der Waals surface area (Å²) in [6, 6.07) is 82.0. The Morgan fingerprint density at radius 1 is 0.263 bits per heavy atom. The molecule has 2 aliphatic rings. The number of nitrogens with zero attached hydrogens (tertiary/aromatic N) is 2. The number of anilines is 6. The van der Waals surface area contributed by atoms with Gasteiger partial charge in [0.25, 0.3) is 6.71 Å². The Bertz CT molecular complexity index is 2870. The summed E-state index contributed by atoms with van der Waals surface area (Å²) in [5.74, 6) is 0. The third-order valence-electron chi connectivity index (χ3n) is 11.7. The Hall–Kier alpha value is -7.36. The Labute approximate surface area is 334 Å². The van der Waals surface area contributed by atoms with Gasteiger partial charge in [-0.2, -0.15) is 0 Å². The molecule has 0 atom stereocenters. The molecule has 9 aromatic carbocycles. The SMILES string of the molecule is c1ccc(-c2ccc(N3c4cc(-c5ccccc5)ccc4B4c5c(-c6ccccc6)cccc5N(c5ccc(-c6ccccc6)cc5)c5cccc3c54)cc2)cc1. The maximum Gasteiger partial charge on any atom is 0.252 e. The largest absolute Gasteiger partial charge is 0.311 e. The second kappa shape index (κ2) is 13.7. The maximum atomic E-state index is 2.50. The van der Waals surface area contributed by atoms with Gasteiger partial charge in [-0.1, -0.05) is 176 Å². The second-order valence-electron chi connectivity index (χ2n) is 14.9. The van der Waals surface area contributed by atoms with E-state index in [1.807, 2.05) is 0 Å². The van der Waals surface area contributed by atoms with Gasteiger partial charge in [-0.15, -0.1) is 0 Å². The lowest BCUT2D eigenvalue weighted by Crippen LogP contribution is -2.61. The first-order chi connectivity index (χ1) is 28.3. The standard InChI is InChI=1S/C54H37BN2/c1-5-15-38(16-6-1)41-27-32-45(33-28-41)56-49-24-13-23-47(43-21-11-4-12-22-43)53(49)55-48-36-31-44(40-19-9-3-10-20-40)37-52(48)57(51-26-14-25-50(56)54(51)55)46-34-29-42(30-35-46)39-17-7-2-8-18-39/h1-37H. The van der Waals surface area contributed by atoms with Gasteiger partial charge in [0.1, 0.15) is 0 Å². The van der Waals surface area contributed by atoms with Gasteiger partial charge in [-0.25, -0.2) is 0 Å². The van der Waals surface area contributed by atoms with Crippen molar-refractivity contribution >= 4 is 57.2 Å². The van der Waals surface area contributed by atoms with Crippen molar-refractivity contribution in [3.63, 3.8) is 0 Å². The quantitative estimate of drug-likeness (QED) is 0.158. The van der Waals surface area contributed by atoms with Crippen LogP contribution in [0.1, 0.15) is 0 Å². The van der Waals surface area contributed by atoms with Gasteiger partial charge in [0.2, 0.25) is 0 Å². The van der Waals surface area contributed by atoms with Crippen LogP contribution in [0.15, 0.2) is 224 Å². The molecule has 57 heavy (non-hydrogen) atoms. The fourth-order valence-corrected chi connectivity index (χ4v) is 9.08. The summed E-state index contributed by atoms with van der Waals surface area (Å²) in [6.45, 7) is 0.00196. The number of benzene rings is 9. The lowest BCUT2D eigenvalue weighted by atomic mass is 9.32. The molecule has 0 saturated heterocycles. The van der Waals surface area contributed by atoms with E-state index in [2.05, 4.69) is 234 Å². The predicted molar refractivity (Wildman–Crippen MR) is 242 cm³/mol. The number of hydrogen-bond donors (Lipinski definition) is 0. The fraction of sp³-hybridized carbons (Fsp3) is 0. The first kappa shape index (κ1) is 33.0. The maximum absolute atomic E-state index is 2.50. The highest BCUT2D eigenvalue weighted by Gasteiger charge is 2.44. The van der Waals surface area contributed by atoms with Crippen molar-refractivity contribution in [3.05, 3.63) is 224 Å². The average molecular weight is 725 g/mol. The van der Waals surface area contributed by atoms with Gasteiger partial charge in [0.15, 0.2) is 0 Å². The summed E-state index contributed by atoms with van der Waals surface area (Å²) >= 11 is 0. The van der Waals surface area contributed by atoms with Crippen LogP contribution in [0.5, 0.6) is 0 Å². The van der Waals surface area contributed by atoms with Crippen molar-refractivity contribution in [2.45, 2.75) is 0 Å². The van der Waals surface area contributed by atoms with E-state index in [0.29, 0.717) is 0 Å². The zero-order valence-electron chi connectivity index (χ0n) is 31.3. The number of hydrogen-bond acceptors (Lipinski definition) is 2. The van der Waals surface area contributed by atoms with E-state index in [-0.39, 0.29) is 6.71 Å². The Kier molecular flexibility index (Phi) is 7.96. The van der Waals surface area contributed by atoms with Crippen LogP contribution in [0, 0.1) is 0 Å². The third kappa shape index (κ3) is 5.59. The topological polar surface area (TPSA) is 6.48 Å². The minimum absolute atomic E-state index is 0.00196. The zero-order chi connectivity index (χ0) is 37.7. The molecule has 2 aliphatic heterocycles. The van der Waals surface area contributed by atoms with Gasteiger partial charge in [-0.05, 0) is 109 Å². The molecular formula is C54H37BN2. The summed E-state index contributed by atoms with van der Waals surface area (Å²) in [7, 11) is 0. The van der Waals surface area contributed by atoms with Crippen LogP contribution < -0.4 is 26.2 Å². The molecule has 0 fully saturated rings. The van der Waals surface area contributed by atoms with Crippen LogP contribution in [0.3, 0.4) is 0 Å². The van der Waals surface area contributed by atoms with Gasteiger partial charge in [0.05, 0.1) is 0 Å². The second-order valence-corrected chi connectivity index (χ2v) is 14.9. The first-order valence-corrected chi connectivity index (χ1v) is 19.7. The normalized spacial score (nSPS) is 12.5. The molecular weight excluding hydrogens is 687 g/mol. The fourth-order valence-electron chi connectivity index (χ4n) is 9.08. The van der Waals surface area contributed by atoms with Crippen LogP contribution >= 0.6 is 0 Å². The smallest absolute Gasteiger partial charge is 0.252 e. The van der Waals surface area contributed by atoms with Gasteiger partial charge in [0, 0.05) is 34.1 Å². The van der Waals surface area contributed by atoms with Crippen molar-refractivity contribution in [2.24, 2.45) is 0 Å². The molecule has 0 spiro atoms. The molecule has 0 radical (unpaired) electrons. The van der Waals surface area contributed by atoms with Gasteiger partial charge < -0.3 is 9.80 Å². The molecule has 266 valence electrons. The van der Waals surface area contributed by atoms with Crippen molar-refractivity contribution in [3.8, 4) is 44.5 Å². The van der Waals surface area contributed by atoms with E-state index in [1.165, 1.54) is 83.6 Å². The summed E-state index contributed by atoms with van der Waals surface area (Å²) in [4.78, 5) is 4.99. The molecule has 0 N–H and O–H groups in total. The minimum Gasteiger partial charge on any atom is -0.311 e. The van der Waals surface area contributed by atoms with Gasteiger partial charge in [-0.3, -0.25) is 0 Å². The number of fused-ring (bicyclic) bond motifs is 4. The molecule has 11 rings (SSSR count). The van der Waals surface area contributed by atoms with Gasteiger partial charge >= 0.3 is 0 Å². The van der Waals surface area contributed by atoms with E-state index in [1.54, 1.807) is 0 Å². The summed E-state index contributed by atoms with van der Waals surface area (Å²) in [6.07, 6.45) is 0. The van der Waals surface area contributed by atoms with Crippen molar-refractivity contribution in [1.29, 1.82) is 0 Å². The molecule has 0 aliphatic carbocycles. The molecule has 0 amide bonds. The van der Waals surface area contributed by atoms with Crippen LogP contribution in [-0.4, -0.2) is 6.71 Å². The summed E-state index contributed by atoms with van der Waals surface area (Å²) in [5.41, 5.74) is 20.7. The van der Waals surface area contributed by atoms with E-state index in [0.717, 1.165) is 11.4 Å². The first-order valence-electron chi connectivity index (χ1n) is 19.7. The lowest BCUT2D eigenvalue weighted by Gasteiger charge is -2.44. The van der Waals surface area contributed by atoms with E-state index >= 15 is 0 Å². The Morgan fingerprint density at radius 2 is 0.649 bits per heavy atom. The third-order valence-corrected chi connectivity index (χ3v) is 11.7. The Morgan fingerprint density at radius 3 is 1.16 bits per heavy atom. The minimum atomic E-state index is 0.00196. The van der Waals surface area contributed by atoms with Crippen LogP contribution in [0.4, 0.5) is 34.1 Å². The highest BCUT2D eigenvalue weighted by atomic mass is 15.2. The molecule has 2 nitrogen and oxygen atoms in total. The monoisotopic (exact) mass is 724 g/mol. The van der Waals surface area contributed by atoms with E-state index in [4.69, 9.17) is 0 Å². The molecule has 9 aromatic rings. The zero-order valence-corrected chi connectivity index (χ0v) is 31.3. The van der Waals surface area contributed by atoms with Crippen LogP contribution in [-0.2, 0) is 0 Å². The van der Waals surface area contributed by atoms with E-state index < -0.39 is 0 Å². The Balaban J connectivity index is 1.17. The van der Waals surface area contributed by atoms with Crippen molar-refractivity contribution < 1.29 is 0 Å². The number of rotatable bonds is 6. The summed E-state index contributed by atoms with van der Waals surface area (Å²) < 4.78 is 0.